The Kier molecular flexibility index (Phi) is 5.01. The predicted octanol–water partition coefficient (Wildman–Crippen LogP) is 2.79. The van der Waals surface area contributed by atoms with Gasteiger partial charge in [0.25, 0.3) is 5.56 Å². The van der Waals surface area contributed by atoms with Crippen LogP contribution in [0.1, 0.15) is 27.3 Å². The molecule has 0 aliphatic rings. The summed E-state index contributed by atoms with van der Waals surface area (Å²) in [6, 6.07) is 12.8. The lowest BCUT2D eigenvalue weighted by Gasteiger charge is -1.98. The average Bonchev–Trinajstić information content (AvgIpc) is 3.26. The Morgan fingerprint density at radius 1 is 1.07 bits per heavy atom. The Labute approximate surface area is 168 Å². The monoisotopic (exact) mass is 407 g/mol. The number of halogens is 1. The molecule has 0 aliphatic carbocycles. The van der Waals surface area contributed by atoms with Crippen molar-refractivity contribution in [2.24, 2.45) is 0 Å². The molecule has 0 saturated carbocycles. The largest absolute Gasteiger partial charge is 0.465 e. The summed E-state index contributed by atoms with van der Waals surface area (Å²) in [5, 5.41) is 4.22. The zero-order chi connectivity index (χ0) is 20.4. The number of hydrogen-bond donors (Lipinski definition) is 0. The average molecular weight is 407 g/mol. The number of nitrogens with zero attached hydrogens (tertiary/aromatic N) is 3. The summed E-state index contributed by atoms with van der Waals surface area (Å²) in [6.45, 7) is 0. The molecule has 0 amide bonds. The molecule has 2 aromatic carbocycles. The van der Waals surface area contributed by atoms with Crippen molar-refractivity contribution in [3.05, 3.63) is 91.7 Å². The highest BCUT2D eigenvalue weighted by atomic mass is 32.1. The highest BCUT2D eigenvalue weighted by Crippen LogP contribution is 2.10. The molecule has 144 valence electrons. The second kappa shape index (κ2) is 7.76. The van der Waals surface area contributed by atoms with Crippen molar-refractivity contribution < 1.29 is 13.9 Å². The lowest BCUT2D eigenvalue weighted by Crippen LogP contribution is -2.23. The van der Waals surface area contributed by atoms with Crippen LogP contribution >= 0.6 is 11.3 Å². The van der Waals surface area contributed by atoms with Gasteiger partial charge < -0.3 is 4.74 Å². The standard InChI is InChI=1S/C21H14FN3O3S/c1-28-20(27)15-7-2-14(3-8-15)12-17-19(26)25-21(29-17)23-18(24-25)11-6-13-4-9-16(22)10-5-13/h2-12H,1H3/b11-6+,17-12-. The molecule has 0 fully saturated rings. The van der Waals surface area contributed by atoms with E-state index in [0.717, 1.165) is 11.1 Å². The van der Waals surface area contributed by atoms with Gasteiger partial charge in [-0.15, -0.1) is 5.10 Å². The van der Waals surface area contributed by atoms with Crippen molar-refractivity contribution in [3.8, 4) is 0 Å². The van der Waals surface area contributed by atoms with Crippen LogP contribution in [0.3, 0.4) is 0 Å². The van der Waals surface area contributed by atoms with E-state index in [4.69, 9.17) is 0 Å². The molecular formula is C21H14FN3O3S. The summed E-state index contributed by atoms with van der Waals surface area (Å²) in [6.07, 6.45) is 5.14. The lowest BCUT2D eigenvalue weighted by molar-refractivity contribution is 0.0600. The Morgan fingerprint density at radius 2 is 1.76 bits per heavy atom. The van der Waals surface area contributed by atoms with Crippen LogP contribution in [0.25, 0.3) is 23.2 Å². The van der Waals surface area contributed by atoms with Crippen LogP contribution < -0.4 is 10.1 Å². The molecule has 0 radical (unpaired) electrons. The van der Waals surface area contributed by atoms with Crippen LogP contribution in [0, 0.1) is 5.82 Å². The maximum atomic E-state index is 12.9. The van der Waals surface area contributed by atoms with Gasteiger partial charge in [-0.05, 0) is 47.5 Å². The molecular weight excluding hydrogens is 393 g/mol. The van der Waals surface area contributed by atoms with Gasteiger partial charge >= 0.3 is 5.97 Å². The molecule has 0 saturated heterocycles. The first-order chi connectivity index (χ1) is 14.0. The fraction of sp³-hybridized carbons (Fsp3) is 0.0476. The molecule has 2 heterocycles. The Balaban J connectivity index is 1.61. The minimum Gasteiger partial charge on any atom is -0.465 e. The first-order valence-electron chi connectivity index (χ1n) is 8.57. The number of thiazole rings is 1. The van der Waals surface area contributed by atoms with E-state index in [9.17, 15) is 14.0 Å². The van der Waals surface area contributed by atoms with E-state index in [1.54, 1.807) is 54.6 Å². The second-order valence-electron chi connectivity index (χ2n) is 6.08. The van der Waals surface area contributed by atoms with E-state index >= 15 is 0 Å². The molecule has 4 aromatic rings. The quantitative estimate of drug-likeness (QED) is 0.487. The molecule has 29 heavy (non-hydrogen) atoms. The number of hydrogen-bond acceptors (Lipinski definition) is 6. The fourth-order valence-corrected chi connectivity index (χ4v) is 3.56. The summed E-state index contributed by atoms with van der Waals surface area (Å²) in [5.74, 6) is -0.324. The summed E-state index contributed by atoms with van der Waals surface area (Å²) in [7, 11) is 1.32. The van der Waals surface area contributed by atoms with Crippen molar-refractivity contribution in [2.75, 3.05) is 7.11 Å². The van der Waals surface area contributed by atoms with Gasteiger partial charge in [0.1, 0.15) is 5.82 Å². The fourth-order valence-electron chi connectivity index (χ4n) is 2.65. The minimum absolute atomic E-state index is 0.268. The van der Waals surface area contributed by atoms with E-state index < -0.39 is 5.97 Å². The van der Waals surface area contributed by atoms with Crippen LogP contribution in [-0.4, -0.2) is 27.7 Å². The summed E-state index contributed by atoms with van der Waals surface area (Å²) < 4.78 is 19.4. The van der Waals surface area contributed by atoms with Gasteiger partial charge in [-0.1, -0.05) is 41.7 Å². The van der Waals surface area contributed by atoms with E-state index in [0.29, 0.717) is 20.9 Å². The van der Waals surface area contributed by atoms with Crippen molar-refractivity contribution in [2.45, 2.75) is 0 Å². The van der Waals surface area contributed by atoms with E-state index in [1.165, 1.54) is 35.1 Å². The molecule has 0 N–H and O–H groups in total. The topological polar surface area (TPSA) is 73.6 Å². The van der Waals surface area contributed by atoms with Gasteiger partial charge in [-0.2, -0.15) is 9.50 Å². The van der Waals surface area contributed by atoms with Crippen LogP contribution in [0.2, 0.25) is 0 Å². The van der Waals surface area contributed by atoms with Crippen LogP contribution in [0.4, 0.5) is 4.39 Å². The number of ether oxygens (including phenoxy) is 1. The number of aromatic nitrogens is 3. The Hall–Kier alpha value is -3.65. The van der Waals surface area contributed by atoms with Crippen molar-refractivity contribution in [1.29, 1.82) is 0 Å². The first-order valence-corrected chi connectivity index (χ1v) is 9.38. The molecule has 0 aliphatic heterocycles. The SMILES string of the molecule is COC(=O)c1ccc(/C=c2\sc3nc(/C=C/c4ccc(F)cc4)nn3c2=O)cc1. The van der Waals surface area contributed by atoms with Crippen molar-refractivity contribution in [1.82, 2.24) is 14.6 Å². The van der Waals surface area contributed by atoms with E-state index in [2.05, 4.69) is 14.8 Å². The number of carbonyl (C=O) groups excluding carboxylic acids is 1. The molecule has 2 aromatic heterocycles. The molecule has 4 rings (SSSR count). The molecule has 0 bridgehead atoms. The zero-order valence-electron chi connectivity index (χ0n) is 15.2. The highest BCUT2D eigenvalue weighted by Gasteiger charge is 2.09. The minimum atomic E-state index is -0.416. The van der Waals surface area contributed by atoms with Crippen molar-refractivity contribution in [3.63, 3.8) is 0 Å². The zero-order valence-corrected chi connectivity index (χ0v) is 16.0. The van der Waals surface area contributed by atoms with Gasteiger partial charge in [0.05, 0.1) is 17.2 Å². The number of carbonyl (C=O) groups is 1. The summed E-state index contributed by atoms with van der Waals surface area (Å²) in [4.78, 5) is 28.9. The number of rotatable bonds is 4. The Morgan fingerprint density at radius 3 is 2.41 bits per heavy atom. The Bertz CT molecular complexity index is 1320. The van der Waals surface area contributed by atoms with E-state index in [1.807, 2.05) is 0 Å². The third-order valence-corrected chi connectivity index (χ3v) is 5.08. The maximum Gasteiger partial charge on any atom is 0.337 e. The molecule has 0 spiro atoms. The summed E-state index contributed by atoms with van der Waals surface area (Å²) >= 11 is 1.22. The van der Waals surface area contributed by atoms with Gasteiger partial charge in [-0.3, -0.25) is 4.79 Å². The number of esters is 1. The molecule has 8 heteroatoms. The smallest absolute Gasteiger partial charge is 0.337 e. The predicted molar refractivity (Wildman–Crippen MR) is 109 cm³/mol. The van der Waals surface area contributed by atoms with Gasteiger partial charge in [0.2, 0.25) is 4.96 Å². The van der Waals surface area contributed by atoms with Gasteiger partial charge in [-0.25, -0.2) is 9.18 Å². The highest BCUT2D eigenvalue weighted by molar-refractivity contribution is 7.15. The molecule has 0 unspecified atom stereocenters. The second-order valence-corrected chi connectivity index (χ2v) is 7.09. The normalized spacial score (nSPS) is 12.1. The molecule has 6 nitrogen and oxygen atoms in total. The number of methoxy groups -OCH3 is 1. The lowest BCUT2D eigenvalue weighted by atomic mass is 10.1. The number of benzene rings is 2. The van der Waals surface area contributed by atoms with E-state index in [-0.39, 0.29) is 11.4 Å². The van der Waals surface area contributed by atoms with Crippen LogP contribution in [0.15, 0.2) is 53.3 Å². The van der Waals surface area contributed by atoms with Crippen LogP contribution in [0.5, 0.6) is 0 Å². The van der Waals surface area contributed by atoms with Crippen LogP contribution in [-0.2, 0) is 4.74 Å². The van der Waals surface area contributed by atoms with Crippen molar-refractivity contribution >= 4 is 40.5 Å². The maximum absolute atomic E-state index is 12.9. The third kappa shape index (κ3) is 3.97. The summed E-state index contributed by atoms with van der Waals surface area (Å²) in [5.41, 5.74) is 1.75. The first kappa shape index (κ1) is 18.7. The van der Waals surface area contributed by atoms with Gasteiger partial charge in [0, 0.05) is 0 Å². The van der Waals surface area contributed by atoms with Gasteiger partial charge in [0.15, 0.2) is 5.82 Å². The number of fused-ring (bicyclic) bond motifs is 1. The third-order valence-electron chi connectivity index (χ3n) is 4.12. The molecule has 0 atom stereocenters.